The average Bonchev–Trinajstić information content (AvgIpc) is 2.38. The van der Waals surface area contributed by atoms with Crippen molar-refractivity contribution in [2.75, 3.05) is 5.32 Å². The number of halogens is 1. The van der Waals surface area contributed by atoms with Crippen LogP contribution in [-0.2, 0) is 4.79 Å². The maximum absolute atomic E-state index is 11.3. The van der Waals surface area contributed by atoms with Crippen molar-refractivity contribution >= 4 is 23.4 Å². The maximum Gasteiger partial charge on any atom is 0.326 e. The zero-order valence-electron chi connectivity index (χ0n) is 9.97. The van der Waals surface area contributed by atoms with E-state index in [1.54, 1.807) is 12.1 Å². The number of carboxylic acids is 1. The molecule has 1 heterocycles. The third-order valence-electron chi connectivity index (χ3n) is 3.32. The Kier molecular flexibility index (Phi) is 4.36. The smallest absolute Gasteiger partial charge is 0.326 e. The Morgan fingerprint density at radius 2 is 2.06 bits per heavy atom. The van der Waals surface area contributed by atoms with Crippen molar-refractivity contribution < 1.29 is 9.90 Å². The lowest BCUT2D eigenvalue weighted by Gasteiger charge is -2.28. The van der Waals surface area contributed by atoms with Gasteiger partial charge < -0.3 is 10.4 Å². The van der Waals surface area contributed by atoms with Crippen LogP contribution in [0.15, 0.2) is 12.1 Å². The summed E-state index contributed by atoms with van der Waals surface area (Å²) in [5, 5.41) is 20.1. The van der Waals surface area contributed by atoms with Gasteiger partial charge in [0.2, 0.25) is 0 Å². The summed E-state index contributed by atoms with van der Waals surface area (Å²) in [4.78, 5) is 11.3. The number of nitrogens with zero attached hydrogens (tertiary/aromatic N) is 2. The van der Waals surface area contributed by atoms with Crippen molar-refractivity contribution in [2.24, 2.45) is 5.92 Å². The second-order valence-corrected chi connectivity index (χ2v) is 4.99. The summed E-state index contributed by atoms with van der Waals surface area (Å²) in [6.07, 6.45) is 5.30. The first-order valence-corrected chi connectivity index (χ1v) is 6.53. The fourth-order valence-electron chi connectivity index (χ4n) is 2.40. The second-order valence-electron chi connectivity index (χ2n) is 4.60. The van der Waals surface area contributed by atoms with Gasteiger partial charge in [-0.05, 0) is 30.9 Å². The largest absolute Gasteiger partial charge is 0.480 e. The van der Waals surface area contributed by atoms with Crippen LogP contribution in [-0.4, -0.2) is 27.3 Å². The molecule has 1 atom stereocenters. The lowest BCUT2D eigenvalue weighted by molar-refractivity contribution is -0.139. The summed E-state index contributed by atoms with van der Waals surface area (Å²) >= 11 is 5.64. The molecular weight excluding hydrogens is 254 g/mol. The van der Waals surface area contributed by atoms with Gasteiger partial charge >= 0.3 is 5.97 Å². The maximum atomic E-state index is 11.3. The molecule has 0 spiro atoms. The Bertz CT molecular complexity index is 404. The van der Waals surface area contributed by atoms with Crippen molar-refractivity contribution in [1.82, 2.24) is 10.2 Å². The van der Waals surface area contributed by atoms with Gasteiger partial charge in [-0.1, -0.05) is 30.9 Å². The van der Waals surface area contributed by atoms with E-state index in [4.69, 9.17) is 11.6 Å². The first kappa shape index (κ1) is 13.1. The second kappa shape index (κ2) is 6.00. The van der Waals surface area contributed by atoms with Crippen LogP contribution in [0.5, 0.6) is 0 Å². The molecule has 5 nitrogen and oxygen atoms in total. The van der Waals surface area contributed by atoms with Crippen LogP contribution < -0.4 is 5.32 Å². The van der Waals surface area contributed by atoms with E-state index in [0.717, 1.165) is 25.7 Å². The number of anilines is 1. The number of nitrogens with one attached hydrogen (secondary N) is 1. The number of aromatic nitrogens is 2. The van der Waals surface area contributed by atoms with Crippen LogP contribution in [0.2, 0.25) is 5.15 Å². The topological polar surface area (TPSA) is 75.1 Å². The van der Waals surface area contributed by atoms with E-state index in [0.29, 0.717) is 11.0 Å². The number of rotatable bonds is 4. The summed E-state index contributed by atoms with van der Waals surface area (Å²) in [5.41, 5.74) is 0. The SMILES string of the molecule is O=C(O)C(Nc1ccc(Cl)nn1)C1CCCCC1. The van der Waals surface area contributed by atoms with Gasteiger partial charge in [-0.15, -0.1) is 10.2 Å². The third-order valence-corrected chi connectivity index (χ3v) is 3.52. The minimum absolute atomic E-state index is 0.161. The molecule has 0 radical (unpaired) electrons. The summed E-state index contributed by atoms with van der Waals surface area (Å²) < 4.78 is 0. The van der Waals surface area contributed by atoms with Crippen LogP contribution in [0.3, 0.4) is 0 Å². The van der Waals surface area contributed by atoms with Crippen LogP contribution in [0.1, 0.15) is 32.1 Å². The highest BCUT2D eigenvalue weighted by Crippen LogP contribution is 2.28. The molecule has 0 aromatic carbocycles. The lowest BCUT2D eigenvalue weighted by atomic mass is 9.84. The van der Waals surface area contributed by atoms with Gasteiger partial charge in [-0.2, -0.15) is 0 Å². The van der Waals surface area contributed by atoms with E-state index >= 15 is 0 Å². The van der Waals surface area contributed by atoms with Crippen LogP contribution in [0, 0.1) is 5.92 Å². The quantitative estimate of drug-likeness (QED) is 0.879. The fourth-order valence-corrected chi connectivity index (χ4v) is 2.50. The van der Waals surface area contributed by atoms with E-state index in [2.05, 4.69) is 15.5 Å². The summed E-state index contributed by atoms with van der Waals surface area (Å²) in [7, 11) is 0. The Morgan fingerprint density at radius 3 is 2.61 bits per heavy atom. The minimum atomic E-state index is -0.835. The normalized spacial score (nSPS) is 18.3. The molecule has 1 aliphatic carbocycles. The molecule has 0 saturated heterocycles. The highest BCUT2D eigenvalue weighted by molar-refractivity contribution is 6.29. The molecule has 1 aromatic rings. The van der Waals surface area contributed by atoms with E-state index in [9.17, 15) is 9.90 Å². The zero-order valence-corrected chi connectivity index (χ0v) is 10.7. The Balaban J connectivity index is 2.05. The highest BCUT2D eigenvalue weighted by atomic mass is 35.5. The number of hydrogen-bond acceptors (Lipinski definition) is 4. The first-order chi connectivity index (χ1) is 8.66. The number of hydrogen-bond donors (Lipinski definition) is 2. The van der Waals surface area contributed by atoms with Gasteiger partial charge in [0.15, 0.2) is 5.15 Å². The van der Waals surface area contributed by atoms with Gasteiger partial charge in [-0.25, -0.2) is 4.79 Å². The molecule has 98 valence electrons. The predicted octanol–water partition coefficient (Wildman–Crippen LogP) is 2.58. The fraction of sp³-hybridized carbons (Fsp3) is 0.583. The summed E-state index contributed by atoms with van der Waals surface area (Å²) in [5.74, 6) is -0.218. The number of aliphatic carboxylic acids is 1. The molecule has 0 aliphatic heterocycles. The Hall–Kier alpha value is -1.36. The van der Waals surface area contributed by atoms with Crippen molar-refractivity contribution in [1.29, 1.82) is 0 Å². The van der Waals surface area contributed by atoms with Crippen LogP contribution in [0.4, 0.5) is 5.82 Å². The van der Waals surface area contributed by atoms with Crippen molar-refractivity contribution in [2.45, 2.75) is 38.1 Å². The molecule has 1 aromatic heterocycles. The van der Waals surface area contributed by atoms with Crippen molar-refractivity contribution in [3.05, 3.63) is 17.3 Å². The van der Waals surface area contributed by atoms with E-state index in [-0.39, 0.29) is 5.92 Å². The van der Waals surface area contributed by atoms with Gasteiger partial charge in [-0.3, -0.25) is 0 Å². The molecule has 0 amide bonds. The standard InChI is InChI=1S/C12H16ClN3O2/c13-9-6-7-10(16-15-9)14-11(12(17)18)8-4-2-1-3-5-8/h6-8,11H,1-5H2,(H,14,16)(H,17,18). The number of carboxylic acid groups (broad SMARTS) is 1. The van der Waals surface area contributed by atoms with Gasteiger partial charge in [0.05, 0.1) is 0 Å². The summed E-state index contributed by atoms with van der Waals surface area (Å²) in [6, 6.07) is 2.64. The van der Waals surface area contributed by atoms with E-state index in [1.807, 2.05) is 0 Å². The molecule has 1 saturated carbocycles. The molecular formula is C12H16ClN3O2. The highest BCUT2D eigenvalue weighted by Gasteiger charge is 2.29. The third kappa shape index (κ3) is 3.32. The van der Waals surface area contributed by atoms with Gasteiger partial charge in [0.25, 0.3) is 0 Å². The number of carbonyl (C=O) groups is 1. The van der Waals surface area contributed by atoms with Gasteiger partial charge in [0.1, 0.15) is 11.9 Å². The van der Waals surface area contributed by atoms with Gasteiger partial charge in [0, 0.05) is 0 Å². The molecule has 18 heavy (non-hydrogen) atoms. The molecule has 1 fully saturated rings. The zero-order chi connectivity index (χ0) is 13.0. The van der Waals surface area contributed by atoms with Crippen LogP contribution in [0.25, 0.3) is 0 Å². The Morgan fingerprint density at radius 1 is 1.33 bits per heavy atom. The van der Waals surface area contributed by atoms with Crippen molar-refractivity contribution in [3.63, 3.8) is 0 Å². The predicted molar refractivity (Wildman–Crippen MR) is 68.7 cm³/mol. The summed E-state index contributed by atoms with van der Waals surface area (Å²) in [6.45, 7) is 0. The molecule has 2 rings (SSSR count). The van der Waals surface area contributed by atoms with E-state index < -0.39 is 12.0 Å². The Labute approximate surface area is 111 Å². The first-order valence-electron chi connectivity index (χ1n) is 6.15. The lowest BCUT2D eigenvalue weighted by Crippen LogP contribution is -2.38. The van der Waals surface area contributed by atoms with Crippen molar-refractivity contribution in [3.8, 4) is 0 Å². The molecule has 1 unspecified atom stereocenters. The molecule has 2 N–H and O–H groups in total. The monoisotopic (exact) mass is 269 g/mol. The van der Waals surface area contributed by atoms with E-state index in [1.165, 1.54) is 6.42 Å². The molecule has 6 heteroatoms. The molecule has 0 bridgehead atoms. The minimum Gasteiger partial charge on any atom is -0.480 e. The molecule has 1 aliphatic rings. The average molecular weight is 270 g/mol. The van der Waals surface area contributed by atoms with Crippen LogP contribution >= 0.6 is 11.6 Å².